The molecule has 3 aromatic rings. The highest BCUT2D eigenvalue weighted by molar-refractivity contribution is 7.61. The smallest absolute Gasteiger partial charge is 0.397 e. The first-order valence-electron chi connectivity index (χ1n) is 13.6. The van der Waals surface area contributed by atoms with Crippen LogP contribution in [0.2, 0.25) is 0 Å². The van der Waals surface area contributed by atoms with Gasteiger partial charge in [-0.2, -0.15) is 8.88 Å². The van der Waals surface area contributed by atoms with Crippen LogP contribution >= 0.6 is 23.5 Å². The third kappa shape index (κ3) is 8.18. The van der Waals surface area contributed by atoms with Crippen LogP contribution in [0, 0.1) is 0 Å². The van der Waals surface area contributed by atoms with Gasteiger partial charge in [-0.25, -0.2) is 18.7 Å². The number of nitrogens with two attached hydrogens (primary N) is 2. The molecule has 264 valence electrons. The second kappa shape index (κ2) is 13.9. The van der Waals surface area contributed by atoms with E-state index in [0.717, 1.165) is 0 Å². The van der Waals surface area contributed by atoms with Gasteiger partial charge in [0, 0.05) is 6.07 Å². The lowest BCUT2D eigenvalue weighted by molar-refractivity contribution is -0.765. The van der Waals surface area contributed by atoms with Crippen LogP contribution in [0.4, 0.5) is 5.69 Å². The monoisotopic (exact) mass is 742 g/mol. The lowest BCUT2D eigenvalue weighted by atomic mass is 10.1. The number of nitrogens with zero attached hydrogens (tertiary/aromatic N) is 3. The minimum Gasteiger partial charge on any atom is -0.397 e. The standard InChI is InChI=1S/C23H30N5O17P3/c24-12-4-1-5-13-16(12)26-10-28(13)23-20(44-46(33,34)35)18(30)15(43-23)9-41-48(38,39)45-47(36,37)40-8-14-17(29)19(31)22(42-14)27-6-2-3-11(7-27)21(25)32/h1-7,10,14-15,17-20,22-23,29-31H,8-9,24H2,(H5-,25,32,33,34,35,36,37,38,39)/p+1/t14-,15-,17-,18-,19-,20-,22-,23+/m1/s1. The molecular formula is C23H31N5O17P3+. The molecule has 10 atom stereocenters. The molecule has 4 heterocycles. The van der Waals surface area contributed by atoms with Gasteiger partial charge in [0.15, 0.2) is 24.7 Å². The van der Waals surface area contributed by atoms with Crippen molar-refractivity contribution in [2.45, 2.75) is 49.1 Å². The zero-order valence-corrected chi connectivity index (χ0v) is 26.9. The molecule has 11 N–H and O–H groups in total. The highest BCUT2D eigenvalue weighted by Gasteiger charge is 2.51. The predicted molar refractivity (Wildman–Crippen MR) is 155 cm³/mol. The molecule has 2 saturated heterocycles. The van der Waals surface area contributed by atoms with E-state index in [4.69, 9.17) is 30.0 Å². The number of anilines is 1. The van der Waals surface area contributed by atoms with E-state index in [1.54, 1.807) is 12.1 Å². The fraction of sp³-hybridized carbons (Fsp3) is 0.435. The summed E-state index contributed by atoms with van der Waals surface area (Å²) in [4.78, 5) is 54.6. The van der Waals surface area contributed by atoms with E-state index in [-0.39, 0.29) is 16.8 Å². The molecule has 0 saturated carbocycles. The number of para-hydroxylation sites is 1. The highest BCUT2D eigenvalue weighted by atomic mass is 31.3. The van der Waals surface area contributed by atoms with Gasteiger partial charge in [0.1, 0.15) is 41.6 Å². The van der Waals surface area contributed by atoms with Crippen molar-refractivity contribution in [3.05, 3.63) is 54.6 Å². The number of amides is 1. The first-order valence-corrected chi connectivity index (χ1v) is 18.1. The number of phosphoric acid groups is 3. The molecule has 5 rings (SSSR count). The van der Waals surface area contributed by atoms with E-state index in [0.29, 0.717) is 5.52 Å². The molecule has 2 aliphatic heterocycles. The van der Waals surface area contributed by atoms with Crippen LogP contribution in [0.25, 0.3) is 11.0 Å². The first-order chi connectivity index (χ1) is 22.4. The minimum absolute atomic E-state index is 0.0470. The largest absolute Gasteiger partial charge is 0.481 e. The molecule has 2 fully saturated rings. The number of pyridine rings is 1. The molecule has 2 aliphatic rings. The summed E-state index contributed by atoms with van der Waals surface area (Å²) in [7, 11) is -16.2. The Kier molecular flexibility index (Phi) is 10.6. The van der Waals surface area contributed by atoms with Gasteiger partial charge in [-0.15, -0.1) is 0 Å². The molecule has 0 bridgehead atoms. The van der Waals surface area contributed by atoms with Gasteiger partial charge in [0.2, 0.25) is 0 Å². The normalized spacial score (nSPS) is 30.3. The van der Waals surface area contributed by atoms with Gasteiger partial charge in [-0.05, 0) is 18.2 Å². The Morgan fingerprint density at radius 3 is 2.21 bits per heavy atom. The van der Waals surface area contributed by atoms with Crippen molar-refractivity contribution in [2.24, 2.45) is 5.73 Å². The van der Waals surface area contributed by atoms with E-state index in [2.05, 4.69) is 13.8 Å². The molecule has 0 aliphatic carbocycles. The molecule has 48 heavy (non-hydrogen) atoms. The van der Waals surface area contributed by atoms with Gasteiger partial charge in [-0.1, -0.05) is 6.07 Å². The Morgan fingerprint density at radius 2 is 1.58 bits per heavy atom. The van der Waals surface area contributed by atoms with Crippen LogP contribution in [0.1, 0.15) is 22.8 Å². The SMILES string of the molecule is NC(=O)c1ccc[n+]([C@@H]2O[C@H](COP(=O)(O)OP(=O)(O)OC[C@H]3O[C@H](n4cnc5c(N)cccc54)[C@H](OP(=O)(O)O)[C@@H]3O)[C@@H](O)[C@H]2O)c1. The third-order valence-electron chi connectivity index (χ3n) is 7.23. The number of nitrogen functional groups attached to an aromatic ring is 1. The predicted octanol–water partition coefficient (Wildman–Crippen LogP) is -1.69. The van der Waals surface area contributed by atoms with Gasteiger partial charge in [0.05, 0.1) is 30.7 Å². The van der Waals surface area contributed by atoms with Crippen molar-refractivity contribution in [3.8, 4) is 0 Å². The van der Waals surface area contributed by atoms with Gasteiger partial charge >= 0.3 is 23.5 Å². The van der Waals surface area contributed by atoms with Crippen LogP contribution in [0.5, 0.6) is 0 Å². The Balaban J connectivity index is 1.21. The number of carbonyl (C=O) groups is 1. The summed E-state index contributed by atoms with van der Waals surface area (Å²) in [5, 5.41) is 31.6. The molecule has 22 nitrogen and oxygen atoms in total. The summed E-state index contributed by atoms with van der Waals surface area (Å²) in [5.41, 5.74) is 12.1. The number of carbonyl (C=O) groups excluding carboxylic acids is 1. The van der Waals surface area contributed by atoms with Gasteiger partial charge in [-0.3, -0.25) is 18.4 Å². The van der Waals surface area contributed by atoms with Crippen molar-refractivity contribution in [1.82, 2.24) is 9.55 Å². The number of rotatable bonds is 13. The van der Waals surface area contributed by atoms with Crippen LogP contribution in [0.15, 0.2) is 49.1 Å². The highest BCUT2D eigenvalue weighted by Crippen LogP contribution is 2.61. The lowest BCUT2D eigenvalue weighted by Crippen LogP contribution is -2.46. The fourth-order valence-corrected chi connectivity index (χ4v) is 7.69. The van der Waals surface area contributed by atoms with E-state index in [1.807, 2.05) is 0 Å². The van der Waals surface area contributed by atoms with Crippen molar-refractivity contribution >= 4 is 46.1 Å². The zero-order chi connectivity index (χ0) is 35.2. The number of hydrogen-bond donors (Lipinski definition) is 9. The molecule has 0 spiro atoms. The topological polar surface area (TPSA) is 339 Å². The Hall–Kier alpha value is -2.72. The molecule has 25 heteroatoms. The van der Waals surface area contributed by atoms with Crippen molar-refractivity contribution in [2.75, 3.05) is 18.9 Å². The number of imidazole rings is 1. The quantitative estimate of drug-likeness (QED) is 0.0536. The molecule has 1 amide bonds. The second-order valence-corrected chi connectivity index (χ2v) is 14.8. The Labute approximate surface area is 269 Å². The van der Waals surface area contributed by atoms with E-state index in [9.17, 15) is 53.4 Å². The first kappa shape index (κ1) is 36.6. The van der Waals surface area contributed by atoms with E-state index < -0.39 is 91.7 Å². The number of hydrogen-bond acceptors (Lipinski definition) is 15. The Bertz CT molecular complexity index is 1810. The maximum absolute atomic E-state index is 12.6. The molecule has 2 aromatic heterocycles. The summed E-state index contributed by atoms with van der Waals surface area (Å²) < 4.78 is 68.8. The summed E-state index contributed by atoms with van der Waals surface area (Å²) >= 11 is 0. The van der Waals surface area contributed by atoms with Crippen LogP contribution in [-0.2, 0) is 41.1 Å². The maximum atomic E-state index is 12.6. The number of phosphoric ester groups is 3. The fourth-order valence-electron chi connectivity index (χ4n) is 5.06. The summed E-state index contributed by atoms with van der Waals surface area (Å²) in [5.74, 6) is -0.785. The van der Waals surface area contributed by atoms with E-state index >= 15 is 0 Å². The second-order valence-electron chi connectivity index (χ2n) is 10.5. The Morgan fingerprint density at radius 1 is 0.938 bits per heavy atom. The third-order valence-corrected chi connectivity index (χ3v) is 10.3. The zero-order valence-electron chi connectivity index (χ0n) is 24.2. The molecule has 2 unspecified atom stereocenters. The number of aliphatic hydroxyl groups is 3. The van der Waals surface area contributed by atoms with Crippen LogP contribution < -0.4 is 16.0 Å². The molecule has 0 radical (unpaired) electrons. The lowest BCUT2D eigenvalue weighted by Gasteiger charge is -2.22. The number of benzene rings is 1. The minimum atomic E-state index is -5.50. The molecule has 1 aromatic carbocycles. The summed E-state index contributed by atoms with van der Waals surface area (Å²) in [6.07, 6.45) is -9.06. The summed E-state index contributed by atoms with van der Waals surface area (Å²) in [6, 6.07) is 7.44. The van der Waals surface area contributed by atoms with Crippen molar-refractivity contribution in [1.29, 1.82) is 0 Å². The van der Waals surface area contributed by atoms with Gasteiger partial charge < -0.3 is 60.4 Å². The van der Waals surface area contributed by atoms with Crippen LogP contribution in [0.3, 0.4) is 0 Å². The van der Waals surface area contributed by atoms with Gasteiger partial charge in [0.25, 0.3) is 12.1 Å². The average Bonchev–Trinajstić information content (AvgIpc) is 3.64. The number of ether oxygens (including phenoxy) is 2. The van der Waals surface area contributed by atoms with E-state index in [1.165, 1.54) is 46.1 Å². The van der Waals surface area contributed by atoms with Crippen molar-refractivity contribution in [3.63, 3.8) is 0 Å². The number of fused-ring (bicyclic) bond motifs is 1. The number of aliphatic hydroxyl groups excluding tert-OH is 3. The molecular weight excluding hydrogens is 711 g/mol. The van der Waals surface area contributed by atoms with Crippen LogP contribution in [-0.4, -0.2) is 100 Å². The van der Waals surface area contributed by atoms with Crippen molar-refractivity contribution < 1.29 is 85.3 Å². The maximum Gasteiger partial charge on any atom is 0.481 e. The number of primary amides is 1. The number of aromatic nitrogens is 3. The average molecular weight is 742 g/mol. The summed E-state index contributed by atoms with van der Waals surface area (Å²) in [6.45, 7) is -1.99.